The molecule has 1 atom stereocenters. The van der Waals surface area contributed by atoms with Crippen LogP contribution in [0, 0.1) is 0 Å². The smallest absolute Gasteiger partial charge is 0.306 e. The van der Waals surface area contributed by atoms with E-state index in [1.807, 2.05) is 0 Å². The molecule has 0 fully saturated rings. The van der Waals surface area contributed by atoms with Crippen molar-refractivity contribution in [1.29, 1.82) is 0 Å². The van der Waals surface area contributed by atoms with Crippen LogP contribution >= 0.6 is 0 Å². The maximum atomic E-state index is 12.9. The number of carbonyl (C=O) groups excluding carboxylic acids is 3. The molecule has 0 amide bonds. The lowest BCUT2D eigenvalue weighted by Crippen LogP contribution is -2.30. The SMILES string of the molecule is CCCC/C=C\CCCCCCCC(=O)OCC(COC(=O)CCCCCCCCCCCCCCCCCCCCCCCCCCCCCCCCCCCC)OC(=O)CCCCCCCCCCCCCCCCCCC. The van der Waals surface area contributed by atoms with Crippen LogP contribution in [0.25, 0.3) is 0 Å². The molecular weight excluding hydrogens is 985 g/mol. The van der Waals surface area contributed by atoms with Gasteiger partial charge in [0.25, 0.3) is 0 Å². The molecule has 0 N–H and O–H groups in total. The molecule has 0 heterocycles. The Kier molecular flexibility index (Phi) is 68.0. The molecule has 0 aliphatic carbocycles. The van der Waals surface area contributed by atoms with Crippen LogP contribution in [0.4, 0.5) is 0 Å². The maximum absolute atomic E-state index is 12.9. The molecular formula is C74H142O6. The molecule has 0 bridgehead atoms. The Hall–Kier alpha value is -1.85. The number of unbranched alkanes of at least 4 members (excludes halogenated alkanes) is 56. The van der Waals surface area contributed by atoms with Gasteiger partial charge in [0.2, 0.25) is 0 Å². The fourth-order valence-corrected chi connectivity index (χ4v) is 11.5. The molecule has 0 aliphatic rings. The zero-order chi connectivity index (χ0) is 57.8. The number of carbonyl (C=O) groups is 3. The number of hydrogen-bond donors (Lipinski definition) is 0. The van der Waals surface area contributed by atoms with Gasteiger partial charge in [-0.05, 0) is 38.5 Å². The lowest BCUT2D eigenvalue weighted by Gasteiger charge is -2.18. The van der Waals surface area contributed by atoms with Crippen LogP contribution in [0.5, 0.6) is 0 Å². The Bertz CT molecular complexity index is 1250. The summed E-state index contributed by atoms with van der Waals surface area (Å²) in [4.78, 5) is 38.3. The summed E-state index contributed by atoms with van der Waals surface area (Å²) in [5, 5.41) is 0. The molecule has 0 rings (SSSR count). The van der Waals surface area contributed by atoms with E-state index in [9.17, 15) is 14.4 Å². The number of allylic oxidation sites excluding steroid dienone is 2. The second kappa shape index (κ2) is 69.6. The molecule has 6 heteroatoms. The van der Waals surface area contributed by atoms with E-state index in [1.54, 1.807) is 0 Å². The van der Waals surface area contributed by atoms with Crippen molar-refractivity contribution in [1.82, 2.24) is 0 Å². The third-order valence-electron chi connectivity index (χ3n) is 17.0. The molecule has 1 unspecified atom stereocenters. The van der Waals surface area contributed by atoms with Gasteiger partial charge in [-0.25, -0.2) is 0 Å². The highest BCUT2D eigenvalue weighted by Crippen LogP contribution is 2.20. The summed E-state index contributed by atoms with van der Waals surface area (Å²) >= 11 is 0. The Labute approximate surface area is 501 Å². The van der Waals surface area contributed by atoms with Gasteiger partial charge in [-0.3, -0.25) is 14.4 Å². The minimum atomic E-state index is -0.769. The highest BCUT2D eigenvalue weighted by molar-refractivity contribution is 5.71. The molecule has 0 aliphatic heterocycles. The van der Waals surface area contributed by atoms with Crippen LogP contribution in [0.3, 0.4) is 0 Å². The standard InChI is InChI=1S/C74H142O6/c1-4-7-10-13-16-19-22-24-26-28-29-30-31-32-33-34-35-36-37-38-39-40-41-42-43-44-46-47-49-52-55-58-61-64-67-73(76)79-70-71(69-78-72(75)66-63-60-57-54-51-21-18-15-12-9-6-3)80-74(77)68-65-62-59-56-53-50-48-45-27-25-23-20-17-14-11-8-5-2/h15,18,71H,4-14,16-17,19-70H2,1-3H3/b18-15-. The average molecular weight is 1130 g/mol. The zero-order valence-corrected chi connectivity index (χ0v) is 54.6. The van der Waals surface area contributed by atoms with Crippen LogP contribution in [-0.4, -0.2) is 37.2 Å². The van der Waals surface area contributed by atoms with Crippen molar-refractivity contribution in [2.24, 2.45) is 0 Å². The van der Waals surface area contributed by atoms with E-state index < -0.39 is 6.10 Å². The fourth-order valence-electron chi connectivity index (χ4n) is 11.5. The predicted octanol–water partition coefficient (Wildman–Crippen LogP) is 25.2. The summed E-state index contributed by atoms with van der Waals surface area (Å²) in [7, 11) is 0. The van der Waals surface area contributed by atoms with Gasteiger partial charge >= 0.3 is 17.9 Å². The molecule has 0 saturated carbocycles. The molecule has 0 spiro atoms. The Morgan fingerprint density at radius 1 is 0.237 bits per heavy atom. The van der Waals surface area contributed by atoms with Crippen molar-refractivity contribution >= 4 is 17.9 Å². The van der Waals surface area contributed by atoms with Crippen LogP contribution < -0.4 is 0 Å². The first-order valence-electron chi connectivity index (χ1n) is 36.7. The molecule has 6 nitrogen and oxygen atoms in total. The monoisotopic (exact) mass is 1130 g/mol. The first-order chi connectivity index (χ1) is 39.5. The van der Waals surface area contributed by atoms with Crippen molar-refractivity contribution < 1.29 is 28.6 Å². The Morgan fingerprint density at radius 3 is 0.662 bits per heavy atom. The minimum Gasteiger partial charge on any atom is -0.462 e. The van der Waals surface area contributed by atoms with E-state index in [-0.39, 0.29) is 31.1 Å². The molecule has 0 saturated heterocycles. The average Bonchev–Trinajstić information content (AvgIpc) is 3.46. The Balaban J connectivity index is 4.01. The zero-order valence-electron chi connectivity index (χ0n) is 54.6. The van der Waals surface area contributed by atoms with Crippen molar-refractivity contribution in [3.05, 3.63) is 12.2 Å². The highest BCUT2D eigenvalue weighted by Gasteiger charge is 2.20. The summed E-state index contributed by atoms with van der Waals surface area (Å²) in [6.45, 7) is 6.68. The number of hydrogen-bond acceptors (Lipinski definition) is 6. The highest BCUT2D eigenvalue weighted by atomic mass is 16.6. The van der Waals surface area contributed by atoms with Crippen LogP contribution in [0.2, 0.25) is 0 Å². The largest absolute Gasteiger partial charge is 0.462 e. The molecule has 0 radical (unpaired) electrons. The summed E-state index contributed by atoms with van der Waals surface area (Å²) in [5.74, 6) is -0.844. The van der Waals surface area contributed by atoms with E-state index in [2.05, 4.69) is 32.9 Å². The van der Waals surface area contributed by atoms with Crippen molar-refractivity contribution in [2.75, 3.05) is 13.2 Å². The van der Waals surface area contributed by atoms with E-state index in [4.69, 9.17) is 14.2 Å². The topological polar surface area (TPSA) is 78.9 Å². The van der Waals surface area contributed by atoms with Crippen molar-refractivity contribution in [2.45, 2.75) is 431 Å². The van der Waals surface area contributed by atoms with Gasteiger partial charge in [0, 0.05) is 19.3 Å². The quantitative estimate of drug-likeness (QED) is 0.0261. The number of rotatable bonds is 69. The van der Waals surface area contributed by atoms with Crippen LogP contribution in [0.1, 0.15) is 425 Å². The molecule has 0 aromatic carbocycles. The first-order valence-corrected chi connectivity index (χ1v) is 36.7. The van der Waals surface area contributed by atoms with E-state index in [0.29, 0.717) is 19.3 Å². The predicted molar refractivity (Wildman–Crippen MR) is 349 cm³/mol. The summed E-state index contributed by atoms with van der Waals surface area (Å²) in [6, 6.07) is 0. The Morgan fingerprint density at radius 2 is 0.425 bits per heavy atom. The van der Waals surface area contributed by atoms with Gasteiger partial charge in [0.15, 0.2) is 6.10 Å². The fraction of sp³-hybridized carbons (Fsp3) is 0.932. The normalized spacial score (nSPS) is 12.0. The van der Waals surface area contributed by atoms with Gasteiger partial charge in [-0.1, -0.05) is 380 Å². The van der Waals surface area contributed by atoms with Gasteiger partial charge in [-0.2, -0.15) is 0 Å². The second-order valence-corrected chi connectivity index (χ2v) is 25.2. The lowest BCUT2D eigenvalue weighted by atomic mass is 10.0. The third kappa shape index (κ3) is 66.9. The second-order valence-electron chi connectivity index (χ2n) is 25.2. The molecule has 80 heavy (non-hydrogen) atoms. The van der Waals surface area contributed by atoms with E-state index in [0.717, 1.165) is 64.2 Å². The van der Waals surface area contributed by atoms with Crippen LogP contribution in [-0.2, 0) is 28.6 Å². The van der Waals surface area contributed by atoms with Gasteiger partial charge < -0.3 is 14.2 Å². The van der Waals surface area contributed by atoms with Crippen molar-refractivity contribution in [3.63, 3.8) is 0 Å². The van der Waals surface area contributed by atoms with Gasteiger partial charge in [-0.15, -0.1) is 0 Å². The van der Waals surface area contributed by atoms with Crippen molar-refractivity contribution in [3.8, 4) is 0 Å². The molecule has 0 aromatic rings. The van der Waals surface area contributed by atoms with E-state index >= 15 is 0 Å². The number of ether oxygens (including phenoxy) is 3. The number of esters is 3. The van der Waals surface area contributed by atoms with Crippen LogP contribution in [0.15, 0.2) is 12.2 Å². The third-order valence-corrected chi connectivity index (χ3v) is 17.0. The maximum Gasteiger partial charge on any atom is 0.306 e. The van der Waals surface area contributed by atoms with Gasteiger partial charge in [0.05, 0.1) is 0 Å². The van der Waals surface area contributed by atoms with Gasteiger partial charge in [0.1, 0.15) is 13.2 Å². The minimum absolute atomic E-state index is 0.0660. The summed E-state index contributed by atoms with van der Waals surface area (Å²) in [5.41, 5.74) is 0. The molecule has 0 aromatic heterocycles. The van der Waals surface area contributed by atoms with E-state index in [1.165, 1.54) is 321 Å². The lowest BCUT2D eigenvalue weighted by molar-refractivity contribution is -0.167. The first kappa shape index (κ1) is 78.1. The molecule has 474 valence electrons. The summed E-state index contributed by atoms with van der Waals surface area (Å²) in [6.07, 6.45) is 84.2. The summed E-state index contributed by atoms with van der Waals surface area (Å²) < 4.78 is 17.0.